The zero-order valence-electron chi connectivity index (χ0n) is 14.8. The van der Waals surface area contributed by atoms with E-state index in [9.17, 15) is 9.59 Å². The maximum Gasteiger partial charge on any atom is 0.294 e. The number of carbonyl (C=O) groups is 1. The summed E-state index contributed by atoms with van der Waals surface area (Å²) in [5.41, 5.74) is 1.49. The number of amides is 1. The Labute approximate surface area is 147 Å². The van der Waals surface area contributed by atoms with Crippen LogP contribution >= 0.6 is 0 Å². The number of anilines is 1. The van der Waals surface area contributed by atoms with Gasteiger partial charge in [-0.15, -0.1) is 0 Å². The number of hydrogen-bond acceptors (Lipinski definition) is 4. The van der Waals surface area contributed by atoms with Crippen molar-refractivity contribution in [1.82, 2.24) is 14.9 Å². The standard InChI is InChI=1S/C19H26N4O2/c1-2-3-11-20-17(24)10-14-23-16-9-5-4-8-15(16)21-18(19(23)25)22-12-6-7-13-22/h4-5,8-9H,2-3,6-7,10-14H2,1H3,(H,20,24). The summed E-state index contributed by atoms with van der Waals surface area (Å²) in [7, 11) is 0. The zero-order chi connectivity index (χ0) is 17.6. The van der Waals surface area contributed by atoms with E-state index in [1.165, 1.54) is 0 Å². The van der Waals surface area contributed by atoms with Gasteiger partial charge in [0.2, 0.25) is 5.91 Å². The minimum atomic E-state index is -0.0954. The molecule has 1 aromatic carbocycles. The first-order chi connectivity index (χ1) is 12.2. The minimum Gasteiger partial charge on any atom is -0.356 e. The van der Waals surface area contributed by atoms with Gasteiger partial charge in [-0.25, -0.2) is 4.98 Å². The van der Waals surface area contributed by atoms with Gasteiger partial charge in [0.15, 0.2) is 5.82 Å². The molecule has 0 radical (unpaired) electrons. The van der Waals surface area contributed by atoms with E-state index in [0.29, 0.717) is 25.3 Å². The molecule has 1 aliphatic heterocycles. The van der Waals surface area contributed by atoms with Crippen LogP contribution < -0.4 is 15.8 Å². The normalized spacial score (nSPS) is 14.2. The quantitative estimate of drug-likeness (QED) is 0.784. The number of para-hydroxylation sites is 2. The lowest BCUT2D eigenvalue weighted by Crippen LogP contribution is -2.33. The van der Waals surface area contributed by atoms with E-state index in [2.05, 4.69) is 22.1 Å². The predicted molar refractivity (Wildman–Crippen MR) is 100.0 cm³/mol. The number of carbonyl (C=O) groups excluding carboxylic acids is 1. The number of rotatable bonds is 7. The number of aromatic nitrogens is 2. The average Bonchev–Trinajstić information content (AvgIpc) is 3.15. The number of nitrogens with one attached hydrogen (secondary N) is 1. The second kappa shape index (κ2) is 8.14. The van der Waals surface area contributed by atoms with Crippen molar-refractivity contribution in [3.8, 4) is 0 Å². The third-order valence-electron chi connectivity index (χ3n) is 4.66. The van der Waals surface area contributed by atoms with Gasteiger partial charge in [-0.1, -0.05) is 25.5 Å². The molecule has 3 rings (SSSR count). The molecule has 2 heterocycles. The Morgan fingerprint density at radius 1 is 1.24 bits per heavy atom. The van der Waals surface area contributed by atoms with Crippen molar-refractivity contribution < 1.29 is 4.79 Å². The number of nitrogens with zero attached hydrogens (tertiary/aromatic N) is 3. The van der Waals surface area contributed by atoms with Crippen molar-refractivity contribution in [3.05, 3.63) is 34.6 Å². The van der Waals surface area contributed by atoms with E-state index in [0.717, 1.165) is 49.8 Å². The first-order valence-corrected chi connectivity index (χ1v) is 9.22. The average molecular weight is 342 g/mol. The van der Waals surface area contributed by atoms with Gasteiger partial charge in [0.05, 0.1) is 11.0 Å². The van der Waals surface area contributed by atoms with Crippen LogP contribution in [0.15, 0.2) is 29.1 Å². The lowest BCUT2D eigenvalue weighted by atomic mass is 10.2. The van der Waals surface area contributed by atoms with E-state index < -0.39 is 0 Å². The molecule has 1 saturated heterocycles. The van der Waals surface area contributed by atoms with Gasteiger partial charge in [0.25, 0.3) is 5.56 Å². The van der Waals surface area contributed by atoms with Crippen molar-refractivity contribution in [2.45, 2.75) is 45.6 Å². The molecule has 0 aliphatic carbocycles. The minimum absolute atomic E-state index is 0.0102. The van der Waals surface area contributed by atoms with Gasteiger partial charge < -0.3 is 14.8 Å². The summed E-state index contributed by atoms with van der Waals surface area (Å²) in [4.78, 5) is 31.7. The molecule has 6 heteroatoms. The van der Waals surface area contributed by atoms with E-state index in [1.54, 1.807) is 4.57 Å². The molecule has 1 aromatic heterocycles. The topological polar surface area (TPSA) is 67.2 Å². The molecule has 6 nitrogen and oxygen atoms in total. The Morgan fingerprint density at radius 2 is 2.00 bits per heavy atom. The van der Waals surface area contributed by atoms with E-state index in [-0.39, 0.29) is 11.5 Å². The van der Waals surface area contributed by atoms with Gasteiger partial charge in [0.1, 0.15) is 0 Å². The van der Waals surface area contributed by atoms with Crippen LogP contribution in [0.2, 0.25) is 0 Å². The third kappa shape index (κ3) is 4.00. The summed E-state index contributed by atoms with van der Waals surface area (Å²) in [6, 6.07) is 7.64. The highest BCUT2D eigenvalue weighted by atomic mass is 16.2. The second-order valence-corrected chi connectivity index (χ2v) is 6.53. The lowest BCUT2D eigenvalue weighted by Gasteiger charge is -2.19. The molecule has 1 fully saturated rings. The third-order valence-corrected chi connectivity index (χ3v) is 4.66. The van der Waals surface area contributed by atoms with Crippen LogP contribution in [0.3, 0.4) is 0 Å². The fourth-order valence-electron chi connectivity index (χ4n) is 3.24. The molecule has 2 aromatic rings. The molecule has 1 N–H and O–H groups in total. The van der Waals surface area contributed by atoms with Crippen LogP contribution in [0.4, 0.5) is 5.82 Å². The smallest absolute Gasteiger partial charge is 0.294 e. The summed E-state index contributed by atoms with van der Waals surface area (Å²) in [6.07, 6.45) is 4.51. The second-order valence-electron chi connectivity index (χ2n) is 6.53. The SMILES string of the molecule is CCCCNC(=O)CCn1c(=O)c(N2CCCC2)nc2ccccc21. The highest BCUT2D eigenvalue weighted by molar-refractivity contribution is 5.78. The largest absolute Gasteiger partial charge is 0.356 e. The summed E-state index contributed by atoms with van der Waals surface area (Å²) in [5.74, 6) is 0.506. The maximum absolute atomic E-state index is 13.0. The molecular formula is C19H26N4O2. The molecule has 0 saturated carbocycles. The Balaban J connectivity index is 1.86. The summed E-state index contributed by atoms with van der Waals surface area (Å²) >= 11 is 0. The van der Waals surface area contributed by atoms with E-state index in [1.807, 2.05) is 24.3 Å². The van der Waals surface area contributed by atoms with Crippen LogP contribution in [-0.4, -0.2) is 35.1 Å². The highest BCUT2D eigenvalue weighted by Gasteiger charge is 2.20. The fraction of sp³-hybridized carbons (Fsp3) is 0.526. The molecule has 0 spiro atoms. The highest BCUT2D eigenvalue weighted by Crippen LogP contribution is 2.18. The fourth-order valence-corrected chi connectivity index (χ4v) is 3.24. The van der Waals surface area contributed by atoms with E-state index >= 15 is 0 Å². The molecule has 134 valence electrons. The van der Waals surface area contributed by atoms with Gasteiger partial charge >= 0.3 is 0 Å². The molecule has 0 atom stereocenters. The van der Waals surface area contributed by atoms with Crippen molar-refractivity contribution in [2.24, 2.45) is 0 Å². The van der Waals surface area contributed by atoms with Crippen LogP contribution in [-0.2, 0) is 11.3 Å². The van der Waals surface area contributed by atoms with Gasteiger partial charge in [-0.05, 0) is 31.4 Å². The van der Waals surface area contributed by atoms with Crippen molar-refractivity contribution in [1.29, 1.82) is 0 Å². The van der Waals surface area contributed by atoms with Crippen LogP contribution in [0.5, 0.6) is 0 Å². The number of hydrogen-bond donors (Lipinski definition) is 1. The molecule has 1 aliphatic rings. The summed E-state index contributed by atoms with van der Waals surface area (Å²) in [6.45, 7) is 4.91. The lowest BCUT2D eigenvalue weighted by molar-refractivity contribution is -0.121. The molecule has 25 heavy (non-hydrogen) atoms. The van der Waals surface area contributed by atoms with Gasteiger partial charge in [-0.2, -0.15) is 0 Å². The Hall–Kier alpha value is -2.37. The summed E-state index contributed by atoms with van der Waals surface area (Å²) < 4.78 is 1.70. The number of aryl methyl sites for hydroxylation is 1. The van der Waals surface area contributed by atoms with Gasteiger partial charge in [-0.3, -0.25) is 9.59 Å². The van der Waals surface area contributed by atoms with E-state index in [4.69, 9.17) is 0 Å². The van der Waals surface area contributed by atoms with Crippen LogP contribution in [0, 0.1) is 0 Å². The first-order valence-electron chi connectivity index (χ1n) is 9.22. The van der Waals surface area contributed by atoms with Crippen molar-refractivity contribution in [2.75, 3.05) is 24.5 Å². The Kier molecular flexibility index (Phi) is 5.68. The first kappa shape index (κ1) is 17.5. The van der Waals surface area contributed by atoms with Crippen molar-refractivity contribution in [3.63, 3.8) is 0 Å². The number of benzene rings is 1. The molecule has 0 bridgehead atoms. The van der Waals surface area contributed by atoms with Crippen LogP contribution in [0.1, 0.15) is 39.0 Å². The van der Waals surface area contributed by atoms with Gasteiger partial charge in [0, 0.05) is 32.6 Å². The van der Waals surface area contributed by atoms with Crippen LogP contribution in [0.25, 0.3) is 11.0 Å². The summed E-state index contributed by atoms with van der Waals surface area (Å²) in [5, 5.41) is 2.91. The maximum atomic E-state index is 13.0. The monoisotopic (exact) mass is 342 g/mol. The predicted octanol–water partition coefficient (Wildman–Crippen LogP) is 2.30. The number of unbranched alkanes of at least 4 members (excludes halogenated alkanes) is 1. The molecule has 0 unspecified atom stereocenters. The molecular weight excluding hydrogens is 316 g/mol. The Morgan fingerprint density at radius 3 is 2.76 bits per heavy atom. The zero-order valence-corrected chi connectivity index (χ0v) is 14.8. The molecule has 1 amide bonds. The number of fused-ring (bicyclic) bond motifs is 1. The Bertz CT molecular complexity index is 794. The van der Waals surface area contributed by atoms with Crippen molar-refractivity contribution >= 4 is 22.8 Å².